The SMILES string of the molecule is CN(c1cccc(O)c1)S(=O)(=O)Cc1cccc(N)c1. The number of sulfonamides is 1. The summed E-state index contributed by atoms with van der Waals surface area (Å²) in [6, 6.07) is 12.9. The maximum absolute atomic E-state index is 12.3. The number of phenols is 1. The molecule has 0 aliphatic carbocycles. The fourth-order valence-corrected chi connectivity index (χ4v) is 3.07. The Morgan fingerprint density at radius 2 is 1.85 bits per heavy atom. The van der Waals surface area contributed by atoms with Crippen LogP contribution in [0.25, 0.3) is 0 Å². The molecule has 0 aromatic heterocycles. The highest BCUT2D eigenvalue weighted by Crippen LogP contribution is 2.23. The highest BCUT2D eigenvalue weighted by Gasteiger charge is 2.19. The van der Waals surface area contributed by atoms with Crippen LogP contribution in [0.15, 0.2) is 48.5 Å². The van der Waals surface area contributed by atoms with Crippen LogP contribution in [0.5, 0.6) is 5.75 Å². The molecule has 6 heteroatoms. The molecule has 0 heterocycles. The Morgan fingerprint density at radius 3 is 2.50 bits per heavy atom. The topological polar surface area (TPSA) is 83.6 Å². The summed E-state index contributed by atoms with van der Waals surface area (Å²) in [5, 5.41) is 9.42. The molecule has 0 aliphatic heterocycles. The van der Waals surface area contributed by atoms with Crippen LogP contribution in [0, 0.1) is 0 Å². The molecule has 0 saturated carbocycles. The van der Waals surface area contributed by atoms with Gasteiger partial charge in [-0.2, -0.15) is 0 Å². The van der Waals surface area contributed by atoms with E-state index in [-0.39, 0.29) is 11.5 Å². The average molecular weight is 292 g/mol. The molecule has 2 aromatic rings. The second-order valence-corrected chi connectivity index (χ2v) is 6.49. The van der Waals surface area contributed by atoms with Crippen LogP contribution in [0.3, 0.4) is 0 Å². The molecule has 0 amide bonds. The zero-order valence-corrected chi connectivity index (χ0v) is 11.8. The molecule has 5 nitrogen and oxygen atoms in total. The van der Waals surface area contributed by atoms with E-state index in [0.717, 1.165) is 4.31 Å². The van der Waals surface area contributed by atoms with Crippen LogP contribution in [0.2, 0.25) is 0 Å². The number of nitrogens with zero attached hydrogens (tertiary/aromatic N) is 1. The van der Waals surface area contributed by atoms with Crippen LogP contribution < -0.4 is 10.0 Å². The summed E-state index contributed by atoms with van der Waals surface area (Å²) in [7, 11) is -2.08. The average Bonchev–Trinajstić information content (AvgIpc) is 2.37. The number of rotatable bonds is 4. The van der Waals surface area contributed by atoms with Crippen LogP contribution >= 0.6 is 0 Å². The Hall–Kier alpha value is -2.21. The quantitative estimate of drug-likeness (QED) is 0.844. The molecule has 0 fully saturated rings. The lowest BCUT2D eigenvalue weighted by Gasteiger charge is -2.19. The maximum Gasteiger partial charge on any atom is 0.239 e. The smallest absolute Gasteiger partial charge is 0.239 e. The van der Waals surface area contributed by atoms with Crippen LogP contribution in [0.4, 0.5) is 11.4 Å². The third kappa shape index (κ3) is 3.21. The summed E-state index contributed by atoms with van der Waals surface area (Å²) in [6.45, 7) is 0. The minimum atomic E-state index is -3.53. The molecule has 0 saturated heterocycles. The van der Waals surface area contributed by atoms with Gasteiger partial charge < -0.3 is 10.8 Å². The van der Waals surface area contributed by atoms with Crippen LogP contribution in [0.1, 0.15) is 5.56 Å². The lowest BCUT2D eigenvalue weighted by molar-refractivity contribution is 0.475. The van der Waals surface area contributed by atoms with Gasteiger partial charge >= 0.3 is 0 Å². The highest BCUT2D eigenvalue weighted by atomic mass is 32.2. The number of hydrogen-bond acceptors (Lipinski definition) is 4. The molecule has 20 heavy (non-hydrogen) atoms. The van der Waals surface area contributed by atoms with Gasteiger partial charge in [0.1, 0.15) is 5.75 Å². The monoisotopic (exact) mass is 292 g/mol. The van der Waals surface area contributed by atoms with Crippen molar-refractivity contribution in [2.24, 2.45) is 0 Å². The standard InChI is InChI=1S/C14H16N2O3S/c1-16(13-6-3-7-14(17)9-13)20(18,19)10-11-4-2-5-12(15)8-11/h2-9,17H,10,15H2,1H3. The molecule has 106 valence electrons. The largest absolute Gasteiger partial charge is 0.508 e. The summed E-state index contributed by atoms with van der Waals surface area (Å²) < 4.78 is 25.8. The third-order valence-electron chi connectivity index (χ3n) is 2.91. The van der Waals surface area contributed by atoms with Gasteiger partial charge in [0.05, 0.1) is 11.4 Å². The van der Waals surface area contributed by atoms with E-state index in [4.69, 9.17) is 5.73 Å². The summed E-state index contributed by atoms with van der Waals surface area (Å²) in [5.41, 5.74) is 7.20. The molecule has 0 atom stereocenters. The Bertz CT molecular complexity index is 714. The molecule has 3 N–H and O–H groups in total. The first-order chi connectivity index (χ1) is 9.38. The Balaban J connectivity index is 2.26. The van der Waals surface area contributed by atoms with Gasteiger partial charge in [-0.05, 0) is 29.8 Å². The van der Waals surface area contributed by atoms with Gasteiger partial charge in [-0.25, -0.2) is 8.42 Å². The second kappa shape index (κ2) is 5.42. The summed E-state index contributed by atoms with van der Waals surface area (Å²) in [4.78, 5) is 0. The molecule has 2 rings (SSSR count). The number of nitrogen functional groups attached to an aromatic ring is 1. The van der Waals surface area contributed by atoms with E-state index in [1.807, 2.05) is 0 Å². The van der Waals surface area contributed by atoms with Crippen molar-refractivity contribution in [2.75, 3.05) is 17.1 Å². The Labute approximate surface area is 118 Å². The van der Waals surface area contributed by atoms with E-state index in [0.29, 0.717) is 16.9 Å². The van der Waals surface area contributed by atoms with Crippen molar-refractivity contribution >= 4 is 21.4 Å². The highest BCUT2D eigenvalue weighted by molar-refractivity contribution is 7.92. The van der Waals surface area contributed by atoms with E-state index < -0.39 is 10.0 Å². The van der Waals surface area contributed by atoms with E-state index in [1.54, 1.807) is 36.4 Å². The summed E-state index contributed by atoms with van der Waals surface area (Å²) in [5.74, 6) is -0.127. The first kappa shape index (κ1) is 14.2. The van der Waals surface area contributed by atoms with Gasteiger partial charge in [-0.15, -0.1) is 0 Å². The predicted octanol–water partition coefficient (Wildman–Crippen LogP) is 1.94. The Morgan fingerprint density at radius 1 is 1.15 bits per heavy atom. The van der Waals surface area contributed by atoms with E-state index >= 15 is 0 Å². The number of phenolic OH excluding ortho intramolecular Hbond substituents is 1. The van der Waals surface area contributed by atoms with E-state index in [1.165, 1.54) is 19.2 Å². The third-order valence-corrected chi connectivity index (χ3v) is 4.65. The predicted molar refractivity (Wildman–Crippen MR) is 80.0 cm³/mol. The molecule has 0 aliphatic rings. The molecule has 0 spiro atoms. The van der Waals surface area contributed by atoms with Crippen molar-refractivity contribution in [1.29, 1.82) is 0 Å². The van der Waals surface area contributed by atoms with E-state index in [9.17, 15) is 13.5 Å². The molecular formula is C14H16N2O3S. The van der Waals surface area contributed by atoms with Crippen molar-refractivity contribution in [3.8, 4) is 5.75 Å². The minimum absolute atomic E-state index is 0.0218. The van der Waals surface area contributed by atoms with Gasteiger partial charge in [-0.1, -0.05) is 18.2 Å². The van der Waals surface area contributed by atoms with Gasteiger partial charge in [0, 0.05) is 18.8 Å². The lowest BCUT2D eigenvalue weighted by Crippen LogP contribution is -2.27. The normalized spacial score (nSPS) is 11.2. The first-order valence-electron chi connectivity index (χ1n) is 5.98. The molecule has 0 radical (unpaired) electrons. The molecular weight excluding hydrogens is 276 g/mol. The van der Waals surface area contributed by atoms with Crippen LogP contribution in [-0.4, -0.2) is 20.6 Å². The minimum Gasteiger partial charge on any atom is -0.508 e. The van der Waals surface area contributed by atoms with Gasteiger partial charge in [0.2, 0.25) is 10.0 Å². The maximum atomic E-state index is 12.3. The summed E-state index contributed by atoms with van der Waals surface area (Å²) >= 11 is 0. The molecule has 2 aromatic carbocycles. The summed E-state index contributed by atoms with van der Waals surface area (Å²) in [6.07, 6.45) is 0. The number of anilines is 2. The zero-order valence-electron chi connectivity index (χ0n) is 11.0. The van der Waals surface area contributed by atoms with Crippen molar-refractivity contribution in [1.82, 2.24) is 0 Å². The van der Waals surface area contributed by atoms with Gasteiger partial charge in [0.25, 0.3) is 0 Å². The van der Waals surface area contributed by atoms with Gasteiger partial charge in [-0.3, -0.25) is 4.31 Å². The molecule has 0 bridgehead atoms. The zero-order chi connectivity index (χ0) is 14.8. The Kier molecular flexibility index (Phi) is 3.85. The molecule has 0 unspecified atom stereocenters. The number of benzene rings is 2. The number of nitrogens with two attached hydrogens (primary N) is 1. The van der Waals surface area contributed by atoms with Crippen molar-refractivity contribution in [3.63, 3.8) is 0 Å². The van der Waals surface area contributed by atoms with E-state index in [2.05, 4.69) is 0 Å². The number of hydrogen-bond donors (Lipinski definition) is 2. The second-order valence-electron chi connectivity index (χ2n) is 4.49. The van der Waals surface area contributed by atoms with Crippen molar-refractivity contribution in [2.45, 2.75) is 5.75 Å². The first-order valence-corrected chi connectivity index (χ1v) is 7.59. The van der Waals surface area contributed by atoms with Crippen molar-refractivity contribution in [3.05, 3.63) is 54.1 Å². The fourth-order valence-electron chi connectivity index (χ4n) is 1.84. The lowest BCUT2D eigenvalue weighted by atomic mass is 10.2. The van der Waals surface area contributed by atoms with Crippen LogP contribution in [-0.2, 0) is 15.8 Å². The van der Waals surface area contributed by atoms with Gasteiger partial charge in [0.15, 0.2) is 0 Å². The van der Waals surface area contributed by atoms with Crippen molar-refractivity contribution < 1.29 is 13.5 Å². The fraction of sp³-hybridized carbons (Fsp3) is 0.143. The number of aromatic hydroxyl groups is 1.